The van der Waals surface area contributed by atoms with Crippen LogP contribution >= 0.6 is 0 Å². The molecule has 1 aromatic rings. The van der Waals surface area contributed by atoms with Crippen LogP contribution in [0.15, 0.2) is 18.3 Å². The minimum absolute atomic E-state index is 0.584. The van der Waals surface area contributed by atoms with E-state index in [-0.39, 0.29) is 0 Å². The Labute approximate surface area is 92.3 Å². The molecule has 0 amide bonds. The first-order valence-electron chi connectivity index (χ1n) is 5.71. The Bertz CT molecular complexity index is 286. The van der Waals surface area contributed by atoms with Crippen LogP contribution in [0, 0.1) is 0 Å². The van der Waals surface area contributed by atoms with Crippen LogP contribution in [0.2, 0.25) is 0 Å². The van der Waals surface area contributed by atoms with Crippen molar-refractivity contribution in [1.82, 2.24) is 4.98 Å². The Morgan fingerprint density at radius 3 is 2.80 bits per heavy atom. The lowest BCUT2D eigenvalue weighted by Crippen LogP contribution is -2.24. The molecule has 0 saturated carbocycles. The summed E-state index contributed by atoms with van der Waals surface area (Å²) in [6.45, 7) is 7.03. The zero-order valence-corrected chi connectivity index (χ0v) is 9.74. The lowest BCUT2D eigenvalue weighted by atomic mass is 10.2. The zero-order chi connectivity index (χ0) is 11.1. The number of unbranched alkanes of at least 4 members (excludes halogenated alkanes) is 1. The van der Waals surface area contributed by atoms with E-state index in [0.29, 0.717) is 6.54 Å². The molecule has 0 saturated heterocycles. The molecular weight excluding hydrogens is 186 g/mol. The molecule has 0 aliphatic heterocycles. The van der Waals surface area contributed by atoms with Crippen molar-refractivity contribution >= 4 is 5.82 Å². The van der Waals surface area contributed by atoms with Crippen molar-refractivity contribution in [1.29, 1.82) is 0 Å². The predicted molar refractivity (Wildman–Crippen MR) is 64.9 cm³/mol. The van der Waals surface area contributed by atoms with E-state index in [1.165, 1.54) is 12.8 Å². The number of hydrogen-bond donors (Lipinski definition) is 1. The maximum atomic E-state index is 5.61. The van der Waals surface area contributed by atoms with Gasteiger partial charge < -0.3 is 10.6 Å². The molecule has 0 aliphatic rings. The van der Waals surface area contributed by atoms with Crippen LogP contribution in [0.4, 0.5) is 5.82 Å². The second-order valence-electron chi connectivity index (χ2n) is 3.66. The maximum absolute atomic E-state index is 5.61. The highest BCUT2D eigenvalue weighted by molar-refractivity contribution is 5.40. The first-order chi connectivity index (χ1) is 7.31. The van der Waals surface area contributed by atoms with E-state index in [4.69, 9.17) is 5.73 Å². The summed E-state index contributed by atoms with van der Waals surface area (Å²) in [6.07, 6.45) is 4.27. The Morgan fingerprint density at radius 1 is 1.40 bits per heavy atom. The summed E-state index contributed by atoms with van der Waals surface area (Å²) in [7, 11) is 0. The van der Waals surface area contributed by atoms with Gasteiger partial charge in [0.1, 0.15) is 5.82 Å². The second kappa shape index (κ2) is 6.40. The third-order valence-electron chi connectivity index (χ3n) is 2.53. The van der Waals surface area contributed by atoms with Crippen molar-refractivity contribution in [3.05, 3.63) is 23.9 Å². The Kier molecular flexibility index (Phi) is 5.12. The molecule has 0 aliphatic carbocycles. The minimum Gasteiger partial charge on any atom is -0.357 e. The fourth-order valence-corrected chi connectivity index (χ4v) is 1.54. The first kappa shape index (κ1) is 12.0. The quantitative estimate of drug-likeness (QED) is 0.777. The first-order valence-corrected chi connectivity index (χ1v) is 5.71. The van der Waals surface area contributed by atoms with Gasteiger partial charge in [-0.1, -0.05) is 13.3 Å². The molecule has 1 aromatic heterocycles. The number of nitrogens with two attached hydrogens (primary N) is 1. The summed E-state index contributed by atoms with van der Waals surface area (Å²) in [5, 5.41) is 0. The number of nitrogens with zero attached hydrogens (tertiary/aromatic N) is 2. The summed E-state index contributed by atoms with van der Waals surface area (Å²) in [5.74, 6) is 1.05. The van der Waals surface area contributed by atoms with Gasteiger partial charge in [-0.25, -0.2) is 4.98 Å². The predicted octanol–water partition coefficient (Wildman–Crippen LogP) is 2.17. The molecule has 84 valence electrons. The van der Waals surface area contributed by atoms with E-state index >= 15 is 0 Å². The summed E-state index contributed by atoms with van der Waals surface area (Å²) < 4.78 is 0. The van der Waals surface area contributed by atoms with Crippen LogP contribution in [0.3, 0.4) is 0 Å². The molecule has 0 atom stereocenters. The van der Waals surface area contributed by atoms with Crippen molar-refractivity contribution < 1.29 is 0 Å². The molecular formula is C12H21N3. The van der Waals surface area contributed by atoms with Gasteiger partial charge in [-0.05, 0) is 31.0 Å². The number of pyridine rings is 1. The number of aromatic nitrogens is 1. The van der Waals surface area contributed by atoms with Gasteiger partial charge in [-0.3, -0.25) is 0 Å². The van der Waals surface area contributed by atoms with Crippen LogP contribution < -0.4 is 10.6 Å². The maximum Gasteiger partial charge on any atom is 0.128 e. The van der Waals surface area contributed by atoms with Crippen LogP contribution in [-0.2, 0) is 6.54 Å². The molecule has 3 nitrogen and oxygen atoms in total. The average molecular weight is 207 g/mol. The Balaban J connectivity index is 2.72. The standard InChI is InChI=1S/C12H21N3/c1-3-5-8-15(4-2)12-9-11(10-13)6-7-14-12/h6-7,9H,3-5,8,10,13H2,1-2H3. The molecule has 1 heterocycles. The second-order valence-corrected chi connectivity index (χ2v) is 3.66. The minimum atomic E-state index is 0.584. The van der Waals surface area contributed by atoms with E-state index in [1.807, 2.05) is 12.3 Å². The van der Waals surface area contributed by atoms with Gasteiger partial charge in [0, 0.05) is 25.8 Å². The van der Waals surface area contributed by atoms with Crippen molar-refractivity contribution in [2.45, 2.75) is 33.2 Å². The van der Waals surface area contributed by atoms with Crippen LogP contribution in [-0.4, -0.2) is 18.1 Å². The van der Waals surface area contributed by atoms with E-state index in [0.717, 1.165) is 24.5 Å². The van der Waals surface area contributed by atoms with Crippen molar-refractivity contribution in [2.24, 2.45) is 5.73 Å². The summed E-state index contributed by atoms with van der Waals surface area (Å²) in [5.41, 5.74) is 6.76. The number of anilines is 1. The molecule has 2 N–H and O–H groups in total. The molecule has 0 bridgehead atoms. The molecule has 0 fully saturated rings. The van der Waals surface area contributed by atoms with Gasteiger partial charge in [0.05, 0.1) is 0 Å². The van der Waals surface area contributed by atoms with Gasteiger partial charge in [0.25, 0.3) is 0 Å². The van der Waals surface area contributed by atoms with Gasteiger partial charge >= 0.3 is 0 Å². The van der Waals surface area contributed by atoms with Crippen LogP contribution in [0.5, 0.6) is 0 Å². The fourth-order valence-electron chi connectivity index (χ4n) is 1.54. The highest BCUT2D eigenvalue weighted by Gasteiger charge is 2.04. The van der Waals surface area contributed by atoms with Gasteiger partial charge in [-0.2, -0.15) is 0 Å². The average Bonchev–Trinajstić information content (AvgIpc) is 2.30. The zero-order valence-electron chi connectivity index (χ0n) is 9.74. The van der Waals surface area contributed by atoms with Gasteiger partial charge in [0.2, 0.25) is 0 Å². The van der Waals surface area contributed by atoms with Crippen molar-refractivity contribution in [3.8, 4) is 0 Å². The van der Waals surface area contributed by atoms with Crippen LogP contribution in [0.25, 0.3) is 0 Å². The third kappa shape index (κ3) is 3.51. The molecule has 0 spiro atoms. The smallest absolute Gasteiger partial charge is 0.128 e. The van der Waals surface area contributed by atoms with Gasteiger partial charge in [0.15, 0.2) is 0 Å². The van der Waals surface area contributed by atoms with E-state index in [2.05, 4.69) is 29.8 Å². The Hall–Kier alpha value is -1.09. The largest absolute Gasteiger partial charge is 0.357 e. The Morgan fingerprint density at radius 2 is 2.20 bits per heavy atom. The van der Waals surface area contributed by atoms with E-state index < -0.39 is 0 Å². The normalized spacial score (nSPS) is 10.3. The molecule has 1 rings (SSSR count). The monoisotopic (exact) mass is 207 g/mol. The van der Waals surface area contributed by atoms with Gasteiger partial charge in [-0.15, -0.1) is 0 Å². The topological polar surface area (TPSA) is 42.1 Å². The van der Waals surface area contributed by atoms with Crippen molar-refractivity contribution in [2.75, 3.05) is 18.0 Å². The number of rotatable bonds is 6. The van der Waals surface area contributed by atoms with E-state index in [1.54, 1.807) is 0 Å². The molecule has 15 heavy (non-hydrogen) atoms. The highest BCUT2D eigenvalue weighted by Crippen LogP contribution is 2.12. The lowest BCUT2D eigenvalue weighted by Gasteiger charge is -2.21. The molecule has 0 unspecified atom stereocenters. The SMILES string of the molecule is CCCCN(CC)c1cc(CN)ccn1. The molecule has 3 heteroatoms. The number of hydrogen-bond acceptors (Lipinski definition) is 3. The summed E-state index contributed by atoms with van der Waals surface area (Å²) >= 11 is 0. The fraction of sp³-hybridized carbons (Fsp3) is 0.583. The third-order valence-corrected chi connectivity index (χ3v) is 2.53. The van der Waals surface area contributed by atoms with E-state index in [9.17, 15) is 0 Å². The lowest BCUT2D eigenvalue weighted by molar-refractivity contribution is 0.723. The van der Waals surface area contributed by atoms with Crippen LogP contribution in [0.1, 0.15) is 32.3 Å². The summed E-state index contributed by atoms with van der Waals surface area (Å²) in [6, 6.07) is 4.05. The summed E-state index contributed by atoms with van der Waals surface area (Å²) in [4.78, 5) is 6.68. The molecule has 0 radical (unpaired) electrons. The van der Waals surface area contributed by atoms with Crippen molar-refractivity contribution in [3.63, 3.8) is 0 Å². The highest BCUT2D eigenvalue weighted by atomic mass is 15.2. The molecule has 0 aromatic carbocycles.